The summed E-state index contributed by atoms with van der Waals surface area (Å²) in [5.74, 6) is 0.148. The van der Waals surface area contributed by atoms with Crippen molar-refractivity contribution in [1.82, 2.24) is 4.90 Å². The van der Waals surface area contributed by atoms with Gasteiger partial charge in [0.1, 0.15) is 0 Å². The maximum atomic E-state index is 11.5. The van der Waals surface area contributed by atoms with Gasteiger partial charge in [-0.3, -0.25) is 4.79 Å². The third-order valence-corrected chi connectivity index (χ3v) is 4.38. The largest absolute Gasteiger partial charge is 0.350 e. The van der Waals surface area contributed by atoms with E-state index in [0.717, 1.165) is 57.7 Å². The quantitative estimate of drug-likeness (QED) is 0.795. The van der Waals surface area contributed by atoms with Crippen molar-refractivity contribution in [2.75, 3.05) is 32.8 Å². The van der Waals surface area contributed by atoms with E-state index in [1.807, 2.05) is 6.07 Å². The van der Waals surface area contributed by atoms with E-state index in [2.05, 4.69) is 17.0 Å². The predicted molar refractivity (Wildman–Crippen MR) is 80.6 cm³/mol. The lowest BCUT2D eigenvalue weighted by Crippen LogP contribution is -2.30. The van der Waals surface area contributed by atoms with Crippen LogP contribution in [0.3, 0.4) is 0 Å². The van der Waals surface area contributed by atoms with Gasteiger partial charge in [0, 0.05) is 31.6 Å². The third kappa shape index (κ3) is 3.70. The third-order valence-electron chi connectivity index (χ3n) is 4.38. The fourth-order valence-corrected chi connectivity index (χ4v) is 3.08. The van der Waals surface area contributed by atoms with Crippen LogP contribution in [0.1, 0.15) is 34.8 Å². The average Bonchev–Trinajstić information content (AvgIpc) is 2.92. The number of benzene rings is 1. The van der Waals surface area contributed by atoms with Gasteiger partial charge in [-0.15, -0.1) is 0 Å². The van der Waals surface area contributed by atoms with E-state index in [0.29, 0.717) is 0 Å². The van der Waals surface area contributed by atoms with Gasteiger partial charge in [-0.1, -0.05) is 12.1 Å². The van der Waals surface area contributed by atoms with Gasteiger partial charge < -0.3 is 14.4 Å². The summed E-state index contributed by atoms with van der Waals surface area (Å²) in [5, 5.41) is 0. The molecule has 2 aliphatic rings. The molecule has 1 aromatic rings. The zero-order chi connectivity index (χ0) is 14.7. The Morgan fingerprint density at radius 2 is 1.90 bits per heavy atom. The lowest BCUT2D eigenvalue weighted by molar-refractivity contribution is -0.0513. The van der Waals surface area contributed by atoms with Crippen molar-refractivity contribution >= 4 is 5.78 Å². The van der Waals surface area contributed by atoms with Crippen LogP contribution in [0.5, 0.6) is 0 Å². The first-order chi connectivity index (χ1) is 10.2. The van der Waals surface area contributed by atoms with Crippen LogP contribution in [0.25, 0.3) is 0 Å². The smallest absolute Gasteiger partial charge is 0.159 e. The second kappa shape index (κ2) is 6.69. The van der Waals surface area contributed by atoms with Crippen LogP contribution in [-0.4, -0.2) is 49.8 Å². The molecule has 0 radical (unpaired) electrons. The molecule has 0 N–H and O–H groups in total. The molecule has 1 aromatic carbocycles. The monoisotopic (exact) mass is 289 g/mol. The van der Waals surface area contributed by atoms with Gasteiger partial charge in [-0.2, -0.15) is 0 Å². The SMILES string of the molecule is CC(=O)c1ccc2c(c1)CCN(CCC1OCCO1)CC2. The van der Waals surface area contributed by atoms with Crippen molar-refractivity contribution in [1.29, 1.82) is 0 Å². The Morgan fingerprint density at radius 3 is 2.62 bits per heavy atom. The van der Waals surface area contributed by atoms with E-state index in [4.69, 9.17) is 9.47 Å². The summed E-state index contributed by atoms with van der Waals surface area (Å²) in [7, 11) is 0. The summed E-state index contributed by atoms with van der Waals surface area (Å²) in [5.41, 5.74) is 3.55. The molecule has 0 saturated carbocycles. The molecule has 114 valence electrons. The Morgan fingerprint density at radius 1 is 1.19 bits per heavy atom. The molecular weight excluding hydrogens is 266 g/mol. The average molecular weight is 289 g/mol. The molecule has 0 aromatic heterocycles. The van der Waals surface area contributed by atoms with Gasteiger partial charge in [0.15, 0.2) is 12.1 Å². The zero-order valence-corrected chi connectivity index (χ0v) is 12.6. The summed E-state index contributed by atoms with van der Waals surface area (Å²) in [6.45, 7) is 6.21. The molecular formula is C17H23NO3. The summed E-state index contributed by atoms with van der Waals surface area (Å²) in [6.07, 6.45) is 3.00. The Bertz CT molecular complexity index is 509. The molecule has 0 bridgehead atoms. The van der Waals surface area contributed by atoms with Gasteiger partial charge in [-0.25, -0.2) is 0 Å². The minimum atomic E-state index is -0.0139. The van der Waals surface area contributed by atoms with E-state index in [-0.39, 0.29) is 12.1 Å². The number of fused-ring (bicyclic) bond motifs is 1. The summed E-state index contributed by atoms with van der Waals surface area (Å²) < 4.78 is 11.0. The molecule has 21 heavy (non-hydrogen) atoms. The highest BCUT2D eigenvalue weighted by atomic mass is 16.7. The lowest BCUT2D eigenvalue weighted by Gasteiger charge is -2.21. The molecule has 0 aliphatic carbocycles. The van der Waals surface area contributed by atoms with Crippen LogP contribution in [0.4, 0.5) is 0 Å². The van der Waals surface area contributed by atoms with Gasteiger partial charge in [0.25, 0.3) is 0 Å². The van der Waals surface area contributed by atoms with Crippen LogP contribution >= 0.6 is 0 Å². The number of rotatable bonds is 4. The molecule has 3 rings (SSSR count). The minimum Gasteiger partial charge on any atom is -0.350 e. The standard InChI is InChI=1S/C17H23NO3/c1-13(19)15-3-2-14-4-7-18(8-5-16(14)12-15)9-6-17-20-10-11-21-17/h2-3,12,17H,4-11H2,1H3. The number of carbonyl (C=O) groups is 1. The van der Waals surface area contributed by atoms with Crippen LogP contribution in [0, 0.1) is 0 Å². The van der Waals surface area contributed by atoms with Crippen LogP contribution in [-0.2, 0) is 22.3 Å². The van der Waals surface area contributed by atoms with Gasteiger partial charge in [-0.05, 0) is 37.0 Å². The second-order valence-electron chi connectivity index (χ2n) is 5.84. The summed E-state index contributed by atoms with van der Waals surface area (Å²) in [4.78, 5) is 14.0. The molecule has 0 unspecified atom stereocenters. The fourth-order valence-electron chi connectivity index (χ4n) is 3.08. The number of hydrogen-bond donors (Lipinski definition) is 0. The number of Topliss-reactive ketones (excluding diaryl/α,β-unsaturated/α-hetero) is 1. The van der Waals surface area contributed by atoms with Crippen LogP contribution in [0.2, 0.25) is 0 Å². The maximum Gasteiger partial charge on any atom is 0.159 e. The number of hydrogen-bond acceptors (Lipinski definition) is 4. The van der Waals surface area contributed by atoms with Gasteiger partial charge >= 0.3 is 0 Å². The van der Waals surface area contributed by atoms with Crippen LogP contribution < -0.4 is 0 Å². The highest BCUT2D eigenvalue weighted by Gasteiger charge is 2.19. The van der Waals surface area contributed by atoms with Gasteiger partial charge in [0.05, 0.1) is 13.2 Å². The zero-order valence-electron chi connectivity index (χ0n) is 12.6. The number of ketones is 1. The first-order valence-electron chi connectivity index (χ1n) is 7.80. The molecule has 2 aliphatic heterocycles. The van der Waals surface area contributed by atoms with Crippen molar-refractivity contribution in [2.45, 2.75) is 32.5 Å². The Labute approximate surface area is 126 Å². The van der Waals surface area contributed by atoms with E-state index in [9.17, 15) is 4.79 Å². The predicted octanol–water partition coefficient (Wildman–Crippen LogP) is 2.05. The van der Waals surface area contributed by atoms with E-state index in [1.54, 1.807) is 6.92 Å². The molecule has 0 spiro atoms. The molecule has 0 atom stereocenters. The first-order valence-corrected chi connectivity index (χ1v) is 7.80. The molecule has 2 heterocycles. The van der Waals surface area contributed by atoms with E-state index < -0.39 is 0 Å². The van der Waals surface area contributed by atoms with Crippen LogP contribution in [0.15, 0.2) is 18.2 Å². The Balaban J connectivity index is 1.58. The first kappa shape index (κ1) is 14.7. The second-order valence-corrected chi connectivity index (χ2v) is 5.84. The lowest BCUT2D eigenvalue weighted by atomic mass is 9.99. The maximum absolute atomic E-state index is 11.5. The Hall–Kier alpha value is -1.23. The highest BCUT2D eigenvalue weighted by molar-refractivity contribution is 5.94. The van der Waals surface area contributed by atoms with Gasteiger partial charge in [0.2, 0.25) is 0 Å². The number of carbonyl (C=O) groups excluding carboxylic acids is 1. The van der Waals surface area contributed by atoms with Crippen molar-refractivity contribution in [3.8, 4) is 0 Å². The number of ether oxygens (including phenoxy) is 2. The molecule has 4 heteroatoms. The molecule has 4 nitrogen and oxygen atoms in total. The molecule has 1 fully saturated rings. The van der Waals surface area contributed by atoms with Crippen molar-refractivity contribution in [3.63, 3.8) is 0 Å². The molecule has 0 amide bonds. The summed E-state index contributed by atoms with van der Waals surface area (Å²) in [6, 6.07) is 6.15. The fraction of sp³-hybridized carbons (Fsp3) is 0.588. The van der Waals surface area contributed by atoms with Crippen molar-refractivity contribution in [3.05, 3.63) is 34.9 Å². The highest BCUT2D eigenvalue weighted by Crippen LogP contribution is 2.19. The van der Waals surface area contributed by atoms with E-state index >= 15 is 0 Å². The topological polar surface area (TPSA) is 38.8 Å². The molecule has 1 saturated heterocycles. The van der Waals surface area contributed by atoms with Crippen molar-refractivity contribution < 1.29 is 14.3 Å². The van der Waals surface area contributed by atoms with Crippen molar-refractivity contribution in [2.24, 2.45) is 0 Å². The van der Waals surface area contributed by atoms with E-state index in [1.165, 1.54) is 11.1 Å². The Kier molecular flexibility index (Phi) is 4.68. The summed E-state index contributed by atoms with van der Waals surface area (Å²) >= 11 is 0. The number of nitrogens with zero attached hydrogens (tertiary/aromatic N) is 1. The minimum absolute atomic E-state index is 0.0139. The normalized spacial score (nSPS) is 20.2.